The lowest BCUT2D eigenvalue weighted by Gasteiger charge is -2.19. The van der Waals surface area contributed by atoms with E-state index >= 15 is 0 Å². The molecule has 1 aromatic carbocycles. The van der Waals surface area contributed by atoms with Gasteiger partial charge in [-0.05, 0) is 30.2 Å². The Morgan fingerprint density at radius 3 is 3.00 bits per heavy atom. The molecular formula is C17H16N4. The van der Waals surface area contributed by atoms with E-state index in [1.807, 2.05) is 24.5 Å². The van der Waals surface area contributed by atoms with Gasteiger partial charge in [0.2, 0.25) is 0 Å². The number of pyridine rings is 1. The number of hydrogen-bond acceptors (Lipinski definition) is 3. The van der Waals surface area contributed by atoms with Crippen molar-refractivity contribution in [2.75, 3.05) is 11.4 Å². The lowest BCUT2D eigenvalue weighted by molar-refractivity contribution is 0.819. The van der Waals surface area contributed by atoms with Crippen LogP contribution >= 0.6 is 0 Å². The normalized spacial score (nSPS) is 13.4. The van der Waals surface area contributed by atoms with Crippen molar-refractivity contribution in [1.82, 2.24) is 15.0 Å². The molecule has 4 nitrogen and oxygen atoms in total. The fourth-order valence-electron chi connectivity index (χ4n) is 2.88. The number of rotatable bonds is 3. The number of nitrogens with zero attached hydrogens (tertiary/aromatic N) is 3. The van der Waals surface area contributed by atoms with Gasteiger partial charge in [-0.1, -0.05) is 18.2 Å². The Labute approximate surface area is 123 Å². The topological polar surface area (TPSA) is 44.8 Å². The molecule has 0 bridgehead atoms. The quantitative estimate of drug-likeness (QED) is 0.799. The molecule has 0 fully saturated rings. The predicted octanol–water partition coefficient (Wildman–Crippen LogP) is 3.03. The van der Waals surface area contributed by atoms with Gasteiger partial charge in [-0.3, -0.25) is 4.98 Å². The average Bonchev–Trinajstić information content (AvgIpc) is 3.19. The van der Waals surface area contributed by atoms with Crippen molar-refractivity contribution < 1.29 is 0 Å². The molecule has 0 atom stereocenters. The summed E-state index contributed by atoms with van der Waals surface area (Å²) in [7, 11) is 0. The summed E-state index contributed by atoms with van der Waals surface area (Å²) in [6, 6.07) is 12.7. The molecule has 104 valence electrons. The van der Waals surface area contributed by atoms with Crippen molar-refractivity contribution in [2.24, 2.45) is 0 Å². The van der Waals surface area contributed by atoms with Crippen LogP contribution in [0, 0.1) is 0 Å². The number of aromatic amines is 1. The van der Waals surface area contributed by atoms with Gasteiger partial charge < -0.3 is 9.88 Å². The number of hydrogen-bond donors (Lipinski definition) is 1. The smallest absolute Gasteiger partial charge is 0.0922 e. The molecule has 2 aromatic heterocycles. The molecule has 4 rings (SSSR count). The lowest BCUT2D eigenvalue weighted by Crippen LogP contribution is -2.19. The minimum absolute atomic E-state index is 0.874. The Balaban J connectivity index is 1.67. The van der Waals surface area contributed by atoms with Gasteiger partial charge in [0.05, 0.1) is 24.3 Å². The summed E-state index contributed by atoms with van der Waals surface area (Å²) in [5.41, 5.74) is 6.06. The highest BCUT2D eigenvalue weighted by molar-refractivity contribution is 5.70. The Kier molecular flexibility index (Phi) is 2.92. The van der Waals surface area contributed by atoms with Crippen LogP contribution in [0.15, 0.2) is 55.1 Å². The van der Waals surface area contributed by atoms with E-state index in [9.17, 15) is 0 Å². The van der Waals surface area contributed by atoms with Crippen LogP contribution < -0.4 is 4.90 Å². The van der Waals surface area contributed by atoms with Crippen molar-refractivity contribution >= 4 is 5.69 Å². The maximum absolute atomic E-state index is 4.44. The second-order valence-electron chi connectivity index (χ2n) is 5.31. The van der Waals surface area contributed by atoms with Gasteiger partial charge in [0.1, 0.15) is 0 Å². The Morgan fingerprint density at radius 2 is 2.19 bits per heavy atom. The van der Waals surface area contributed by atoms with E-state index in [4.69, 9.17) is 0 Å². The summed E-state index contributed by atoms with van der Waals surface area (Å²) >= 11 is 0. The third kappa shape index (κ3) is 2.29. The fraction of sp³-hybridized carbons (Fsp3) is 0.176. The minimum atomic E-state index is 0.874. The standard InChI is InChI=1S/C17H16N4/c1-2-7-19-16(3-1)14-5-4-13-6-8-21(17(13)9-14)11-15-10-18-12-20-15/h1-5,7,9-10,12H,6,8,11H2,(H,18,20). The molecule has 0 radical (unpaired) electrons. The molecule has 4 heteroatoms. The predicted molar refractivity (Wildman–Crippen MR) is 83.0 cm³/mol. The zero-order valence-corrected chi connectivity index (χ0v) is 11.7. The van der Waals surface area contributed by atoms with E-state index in [-0.39, 0.29) is 0 Å². The summed E-state index contributed by atoms with van der Waals surface area (Å²) in [6.45, 7) is 1.93. The third-order valence-electron chi connectivity index (χ3n) is 3.95. The minimum Gasteiger partial charge on any atom is -0.365 e. The molecule has 1 aliphatic rings. The van der Waals surface area contributed by atoms with E-state index in [2.05, 4.69) is 44.1 Å². The first-order valence-corrected chi connectivity index (χ1v) is 7.17. The molecule has 1 aliphatic heterocycles. The highest BCUT2D eigenvalue weighted by Crippen LogP contribution is 2.32. The molecule has 0 saturated carbocycles. The summed E-state index contributed by atoms with van der Waals surface area (Å²) in [6.07, 6.45) is 6.56. The van der Waals surface area contributed by atoms with Crippen LogP contribution in [-0.2, 0) is 13.0 Å². The van der Waals surface area contributed by atoms with Crippen LogP contribution in [0.5, 0.6) is 0 Å². The zero-order chi connectivity index (χ0) is 14.1. The molecule has 0 spiro atoms. The molecule has 3 heterocycles. The highest BCUT2D eigenvalue weighted by Gasteiger charge is 2.20. The molecular weight excluding hydrogens is 260 g/mol. The first-order chi connectivity index (χ1) is 10.4. The summed E-state index contributed by atoms with van der Waals surface area (Å²) < 4.78 is 0. The number of fused-ring (bicyclic) bond motifs is 1. The van der Waals surface area contributed by atoms with Crippen LogP contribution in [0.2, 0.25) is 0 Å². The van der Waals surface area contributed by atoms with Gasteiger partial charge >= 0.3 is 0 Å². The monoisotopic (exact) mass is 276 g/mol. The summed E-state index contributed by atoms with van der Waals surface area (Å²) in [4.78, 5) is 14.1. The zero-order valence-electron chi connectivity index (χ0n) is 11.7. The van der Waals surface area contributed by atoms with Crippen LogP contribution in [0.25, 0.3) is 11.3 Å². The van der Waals surface area contributed by atoms with E-state index in [1.54, 1.807) is 6.33 Å². The van der Waals surface area contributed by atoms with E-state index in [0.717, 1.165) is 30.9 Å². The van der Waals surface area contributed by atoms with Crippen LogP contribution in [0.1, 0.15) is 11.3 Å². The van der Waals surface area contributed by atoms with Crippen molar-refractivity contribution in [3.63, 3.8) is 0 Å². The SMILES string of the molecule is c1ccc(-c2ccc3c(c2)N(Cc2cnc[nH]2)CC3)nc1. The number of H-pyrrole nitrogens is 1. The second-order valence-corrected chi connectivity index (χ2v) is 5.31. The van der Waals surface area contributed by atoms with E-state index < -0.39 is 0 Å². The molecule has 21 heavy (non-hydrogen) atoms. The highest BCUT2D eigenvalue weighted by atomic mass is 15.2. The van der Waals surface area contributed by atoms with E-state index in [0.29, 0.717) is 0 Å². The van der Waals surface area contributed by atoms with Crippen LogP contribution in [0.4, 0.5) is 5.69 Å². The average molecular weight is 276 g/mol. The third-order valence-corrected chi connectivity index (χ3v) is 3.95. The first-order valence-electron chi connectivity index (χ1n) is 7.17. The number of imidazole rings is 1. The summed E-state index contributed by atoms with van der Waals surface area (Å²) in [5.74, 6) is 0. The molecule has 0 saturated heterocycles. The van der Waals surface area contributed by atoms with Crippen molar-refractivity contribution in [1.29, 1.82) is 0 Å². The van der Waals surface area contributed by atoms with Crippen molar-refractivity contribution in [3.8, 4) is 11.3 Å². The maximum atomic E-state index is 4.44. The van der Waals surface area contributed by atoms with Crippen molar-refractivity contribution in [2.45, 2.75) is 13.0 Å². The van der Waals surface area contributed by atoms with Gasteiger partial charge in [-0.15, -0.1) is 0 Å². The molecule has 3 aromatic rings. The van der Waals surface area contributed by atoms with Gasteiger partial charge in [-0.2, -0.15) is 0 Å². The Morgan fingerprint density at radius 1 is 1.19 bits per heavy atom. The van der Waals surface area contributed by atoms with Gasteiger partial charge in [0, 0.05) is 30.2 Å². The van der Waals surface area contributed by atoms with Gasteiger partial charge in [0.15, 0.2) is 0 Å². The molecule has 0 unspecified atom stereocenters. The molecule has 0 aliphatic carbocycles. The van der Waals surface area contributed by atoms with Crippen molar-refractivity contribution in [3.05, 3.63) is 66.4 Å². The van der Waals surface area contributed by atoms with E-state index in [1.165, 1.54) is 16.8 Å². The maximum Gasteiger partial charge on any atom is 0.0922 e. The van der Waals surface area contributed by atoms with Gasteiger partial charge in [-0.25, -0.2) is 4.98 Å². The van der Waals surface area contributed by atoms with Crippen LogP contribution in [-0.4, -0.2) is 21.5 Å². The largest absolute Gasteiger partial charge is 0.365 e. The second kappa shape index (κ2) is 5.05. The van der Waals surface area contributed by atoms with Gasteiger partial charge in [0.25, 0.3) is 0 Å². The Bertz CT molecular complexity index is 735. The number of nitrogens with one attached hydrogen (secondary N) is 1. The lowest BCUT2D eigenvalue weighted by atomic mass is 10.1. The summed E-state index contributed by atoms with van der Waals surface area (Å²) in [5, 5.41) is 0. The molecule has 1 N–H and O–H groups in total. The number of benzene rings is 1. The number of aromatic nitrogens is 3. The fourth-order valence-corrected chi connectivity index (χ4v) is 2.88. The Hall–Kier alpha value is -2.62. The first kappa shape index (κ1) is 12.1. The molecule has 0 amide bonds. The van der Waals surface area contributed by atoms with Crippen LogP contribution in [0.3, 0.4) is 0 Å². The number of anilines is 1.